The van der Waals surface area contributed by atoms with E-state index >= 15 is 0 Å². The monoisotopic (exact) mass is 293 g/mol. The van der Waals surface area contributed by atoms with E-state index in [0.717, 1.165) is 18.5 Å². The van der Waals surface area contributed by atoms with Crippen molar-refractivity contribution in [2.24, 2.45) is 0 Å². The number of nitrogens with zero attached hydrogens (tertiary/aromatic N) is 1. The highest BCUT2D eigenvalue weighted by Gasteiger charge is 2.07. The van der Waals surface area contributed by atoms with Crippen molar-refractivity contribution < 1.29 is 0 Å². The normalized spacial score (nSPS) is 10.5. The van der Waals surface area contributed by atoms with Crippen molar-refractivity contribution in [1.29, 1.82) is 0 Å². The van der Waals surface area contributed by atoms with E-state index in [1.807, 2.05) is 18.2 Å². The molecule has 0 aliphatic rings. The van der Waals surface area contributed by atoms with Crippen molar-refractivity contribution in [3.8, 4) is 0 Å². The average molecular weight is 294 g/mol. The highest BCUT2D eigenvalue weighted by molar-refractivity contribution is 6.29. The Labute approximate surface area is 130 Å². The van der Waals surface area contributed by atoms with Gasteiger partial charge in [0, 0.05) is 6.42 Å². The predicted octanol–water partition coefficient (Wildman–Crippen LogP) is 4.92. The molecule has 1 aromatic heterocycles. The van der Waals surface area contributed by atoms with Crippen LogP contribution < -0.4 is 0 Å². The topological polar surface area (TPSA) is 12.9 Å². The third-order valence-electron chi connectivity index (χ3n) is 3.49. The van der Waals surface area contributed by atoms with Crippen LogP contribution in [0.25, 0.3) is 0 Å². The summed E-state index contributed by atoms with van der Waals surface area (Å²) in [4.78, 5) is 4.53. The summed E-state index contributed by atoms with van der Waals surface area (Å²) in [6, 6.07) is 24.8. The predicted molar refractivity (Wildman–Crippen MR) is 87.7 cm³/mol. The molecule has 104 valence electrons. The summed E-state index contributed by atoms with van der Waals surface area (Å²) in [7, 11) is 0. The molecule has 0 bridgehead atoms. The SMILES string of the molecule is Clc1ccc(Cc2ccccc2)c(Cc2ccccc2)n1. The van der Waals surface area contributed by atoms with Crippen LogP contribution in [-0.4, -0.2) is 4.98 Å². The Kier molecular flexibility index (Phi) is 4.32. The second-order valence-corrected chi connectivity index (χ2v) is 5.45. The lowest BCUT2D eigenvalue weighted by Crippen LogP contribution is -2.00. The largest absolute Gasteiger partial charge is 0.241 e. The summed E-state index contributed by atoms with van der Waals surface area (Å²) in [5.41, 5.74) is 4.82. The molecule has 1 heterocycles. The van der Waals surface area contributed by atoms with Gasteiger partial charge >= 0.3 is 0 Å². The molecular formula is C19H16ClN. The van der Waals surface area contributed by atoms with Gasteiger partial charge in [-0.1, -0.05) is 78.3 Å². The summed E-state index contributed by atoms with van der Waals surface area (Å²) in [6.07, 6.45) is 1.69. The Morgan fingerprint density at radius 2 is 1.24 bits per heavy atom. The summed E-state index contributed by atoms with van der Waals surface area (Å²) in [5, 5.41) is 0.553. The van der Waals surface area contributed by atoms with Crippen molar-refractivity contribution in [2.45, 2.75) is 12.8 Å². The van der Waals surface area contributed by atoms with Crippen molar-refractivity contribution in [2.75, 3.05) is 0 Å². The minimum absolute atomic E-state index is 0.553. The van der Waals surface area contributed by atoms with Gasteiger partial charge in [-0.25, -0.2) is 4.98 Å². The highest BCUT2D eigenvalue weighted by atomic mass is 35.5. The van der Waals surface area contributed by atoms with E-state index in [0.29, 0.717) is 5.15 Å². The van der Waals surface area contributed by atoms with E-state index < -0.39 is 0 Å². The molecule has 0 N–H and O–H groups in total. The summed E-state index contributed by atoms with van der Waals surface area (Å²) in [5.74, 6) is 0. The van der Waals surface area contributed by atoms with Gasteiger partial charge in [-0.05, 0) is 29.2 Å². The smallest absolute Gasteiger partial charge is 0.129 e. The van der Waals surface area contributed by atoms with Crippen LogP contribution in [0, 0.1) is 0 Å². The molecule has 0 fully saturated rings. The molecule has 0 saturated heterocycles. The molecule has 1 nitrogen and oxygen atoms in total. The van der Waals surface area contributed by atoms with Gasteiger partial charge in [-0.2, -0.15) is 0 Å². The number of rotatable bonds is 4. The average Bonchev–Trinajstić information content (AvgIpc) is 2.52. The minimum Gasteiger partial charge on any atom is -0.241 e. The Hall–Kier alpha value is -2.12. The molecule has 0 unspecified atom stereocenters. The number of hydrogen-bond acceptors (Lipinski definition) is 1. The van der Waals surface area contributed by atoms with Gasteiger partial charge in [-0.3, -0.25) is 0 Å². The van der Waals surface area contributed by atoms with Gasteiger partial charge in [0.2, 0.25) is 0 Å². The van der Waals surface area contributed by atoms with Crippen LogP contribution >= 0.6 is 11.6 Å². The molecule has 0 saturated carbocycles. The van der Waals surface area contributed by atoms with Crippen molar-refractivity contribution in [3.63, 3.8) is 0 Å². The molecule has 0 radical (unpaired) electrons. The van der Waals surface area contributed by atoms with Gasteiger partial charge in [0.25, 0.3) is 0 Å². The first kappa shape index (κ1) is 13.8. The van der Waals surface area contributed by atoms with Crippen LogP contribution in [0.1, 0.15) is 22.4 Å². The number of aromatic nitrogens is 1. The van der Waals surface area contributed by atoms with Crippen LogP contribution in [0.15, 0.2) is 72.8 Å². The van der Waals surface area contributed by atoms with Crippen LogP contribution in [0.5, 0.6) is 0 Å². The zero-order valence-electron chi connectivity index (χ0n) is 11.7. The number of benzene rings is 2. The zero-order valence-corrected chi connectivity index (χ0v) is 12.4. The Bertz CT molecular complexity index is 708. The summed E-state index contributed by atoms with van der Waals surface area (Å²) >= 11 is 6.07. The molecule has 21 heavy (non-hydrogen) atoms. The molecular weight excluding hydrogens is 278 g/mol. The third kappa shape index (κ3) is 3.71. The van der Waals surface area contributed by atoms with Crippen LogP contribution in [0.3, 0.4) is 0 Å². The lowest BCUT2D eigenvalue weighted by molar-refractivity contribution is 1.01. The summed E-state index contributed by atoms with van der Waals surface area (Å²) in [6.45, 7) is 0. The molecule has 3 rings (SSSR count). The van der Waals surface area contributed by atoms with Gasteiger partial charge in [-0.15, -0.1) is 0 Å². The maximum absolute atomic E-state index is 6.07. The molecule has 0 amide bonds. The Morgan fingerprint density at radius 3 is 1.86 bits per heavy atom. The number of hydrogen-bond donors (Lipinski definition) is 0. The Morgan fingerprint density at radius 1 is 0.667 bits per heavy atom. The minimum atomic E-state index is 0.553. The second-order valence-electron chi connectivity index (χ2n) is 5.06. The first-order valence-electron chi connectivity index (χ1n) is 7.03. The number of pyridine rings is 1. The maximum Gasteiger partial charge on any atom is 0.129 e. The molecule has 3 aromatic rings. The molecule has 0 aliphatic heterocycles. The van der Waals surface area contributed by atoms with Gasteiger partial charge in [0.15, 0.2) is 0 Å². The van der Waals surface area contributed by atoms with E-state index in [9.17, 15) is 0 Å². The van der Waals surface area contributed by atoms with Crippen LogP contribution in [0.4, 0.5) is 0 Å². The van der Waals surface area contributed by atoms with E-state index in [1.165, 1.54) is 16.7 Å². The second kappa shape index (κ2) is 6.55. The van der Waals surface area contributed by atoms with Crippen LogP contribution in [0.2, 0.25) is 5.15 Å². The van der Waals surface area contributed by atoms with E-state index in [-0.39, 0.29) is 0 Å². The third-order valence-corrected chi connectivity index (χ3v) is 3.70. The first-order chi connectivity index (χ1) is 10.3. The van der Waals surface area contributed by atoms with E-state index in [1.54, 1.807) is 0 Å². The molecule has 0 aliphatic carbocycles. The Balaban J connectivity index is 1.90. The maximum atomic E-state index is 6.07. The van der Waals surface area contributed by atoms with Gasteiger partial charge in [0.05, 0.1) is 5.69 Å². The lowest BCUT2D eigenvalue weighted by Gasteiger charge is -2.10. The van der Waals surface area contributed by atoms with Crippen molar-refractivity contribution in [1.82, 2.24) is 4.98 Å². The highest BCUT2D eigenvalue weighted by Crippen LogP contribution is 2.19. The molecule has 2 heteroatoms. The van der Waals surface area contributed by atoms with Gasteiger partial charge < -0.3 is 0 Å². The number of halogens is 1. The van der Waals surface area contributed by atoms with Crippen molar-refractivity contribution in [3.05, 3.63) is 100 Å². The fraction of sp³-hybridized carbons (Fsp3) is 0.105. The van der Waals surface area contributed by atoms with Crippen LogP contribution in [-0.2, 0) is 12.8 Å². The fourth-order valence-corrected chi connectivity index (χ4v) is 2.59. The van der Waals surface area contributed by atoms with Gasteiger partial charge in [0.1, 0.15) is 5.15 Å². The molecule has 2 aromatic carbocycles. The first-order valence-corrected chi connectivity index (χ1v) is 7.41. The van der Waals surface area contributed by atoms with E-state index in [4.69, 9.17) is 11.6 Å². The van der Waals surface area contributed by atoms with E-state index in [2.05, 4.69) is 59.6 Å². The molecule has 0 spiro atoms. The zero-order chi connectivity index (χ0) is 14.5. The lowest BCUT2D eigenvalue weighted by atomic mass is 9.99. The standard InChI is InChI=1S/C19H16ClN/c20-19-12-11-17(13-15-7-3-1-4-8-15)18(21-19)14-16-9-5-2-6-10-16/h1-12H,13-14H2. The quantitative estimate of drug-likeness (QED) is 0.622. The summed E-state index contributed by atoms with van der Waals surface area (Å²) < 4.78 is 0. The van der Waals surface area contributed by atoms with Crippen molar-refractivity contribution >= 4 is 11.6 Å². The molecule has 0 atom stereocenters. The fourth-order valence-electron chi connectivity index (χ4n) is 2.42.